The lowest BCUT2D eigenvalue weighted by atomic mass is 9.75. The van der Waals surface area contributed by atoms with Crippen LogP contribution in [0.4, 0.5) is 0 Å². The number of amides is 1. The van der Waals surface area contributed by atoms with Crippen molar-refractivity contribution < 1.29 is 14.3 Å². The Labute approximate surface area is 152 Å². The second-order valence-corrected chi connectivity index (χ2v) is 9.44. The summed E-state index contributed by atoms with van der Waals surface area (Å²) in [6.45, 7) is 3.37. The molecule has 4 saturated carbocycles. The number of nitrogens with zero attached hydrogens (tertiary/aromatic N) is 2. The van der Waals surface area contributed by atoms with Crippen LogP contribution in [0.1, 0.15) is 55.8 Å². The highest BCUT2D eigenvalue weighted by Crippen LogP contribution is 2.65. The number of aromatic nitrogens is 1. The van der Waals surface area contributed by atoms with Crippen LogP contribution in [-0.2, 0) is 27.3 Å². The highest BCUT2D eigenvalue weighted by atomic mass is 32.1. The number of carbonyl (C=O) groups excluding carboxylic acids is 1. The summed E-state index contributed by atoms with van der Waals surface area (Å²) in [5.74, 6) is 2.26. The van der Waals surface area contributed by atoms with Crippen LogP contribution in [0.2, 0.25) is 0 Å². The number of thiazole rings is 1. The molecule has 6 heteroatoms. The van der Waals surface area contributed by atoms with Gasteiger partial charge < -0.3 is 9.47 Å². The van der Waals surface area contributed by atoms with E-state index in [9.17, 15) is 4.79 Å². The first-order chi connectivity index (χ1) is 12.1. The molecule has 6 rings (SSSR count). The number of rotatable bonds is 3. The topological polar surface area (TPSA) is 52.8 Å². The largest absolute Gasteiger partial charge is 0.375 e. The van der Waals surface area contributed by atoms with Crippen LogP contribution in [-0.4, -0.2) is 24.2 Å². The fourth-order valence-corrected chi connectivity index (χ4v) is 7.24. The molecule has 0 radical (unpaired) electrons. The minimum atomic E-state index is -0.150. The lowest BCUT2D eigenvalue weighted by Crippen LogP contribution is -2.34. The molecule has 5 nitrogen and oxygen atoms in total. The predicted octanol–water partition coefficient (Wildman–Crippen LogP) is 3.04. The van der Waals surface area contributed by atoms with Crippen molar-refractivity contribution >= 4 is 17.2 Å². The third kappa shape index (κ3) is 2.33. The number of methoxy groups -OCH3 is 1. The molecule has 136 valence electrons. The summed E-state index contributed by atoms with van der Waals surface area (Å²) < 4.78 is 13.3. The van der Waals surface area contributed by atoms with E-state index in [-0.39, 0.29) is 17.6 Å². The van der Waals surface area contributed by atoms with Crippen molar-refractivity contribution in [3.05, 3.63) is 15.4 Å². The zero-order valence-corrected chi connectivity index (χ0v) is 15.8. The van der Waals surface area contributed by atoms with Crippen molar-refractivity contribution in [1.82, 2.24) is 4.57 Å². The monoisotopic (exact) mass is 362 g/mol. The molecule has 1 aromatic rings. The highest BCUT2D eigenvalue weighted by Gasteiger charge is 2.61. The molecule has 0 aromatic carbocycles. The van der Waals surface area contributed by atoms with E-state index in [1.807, 2.05) is 6.92 Å². The quantitative estimate of drug-likeness (QED) is 0.830. The fraction of sp³-hybridized carbons (Fsp3) is 0.789. The summed E-state index contributed by atoms with van der Waals surface area (Å²) in [6.07, 6.45) is 6.74. The molecule has 2 heterocycles. The Morgan fingerprint density at radius 1 is 1.36 bits per heavy atom. The summed E-state index contributed by atoms with van der Waals surface area (Å²) in [5, 5.41) is 0. The van der Waals surface area contributed by atoms with E-state index in [1.165, 1.54) is 29.8 Å². The van der Waals surface area contributed by atoms with Crippen LogP contribution < -0.4 is 4.80 Å². The van der Waals surface area contributed by atoms with Gasteiger partial charge in [-0.25, -0.2) is 0 Å². The summed E-state index contributed by atoms with van der Waals surface area (Å²) >= 11 is 1.61. The molecule has 3 atom stereocenters. The first-order valence-corrected chi connectivity index (χ1v) is 10.3. The van der Waals surface area contributed by atoms with E-state index < -0.39 is 0 Å². The summed E-state index contributed by atoms with van der Waals surface area (Å²) in [6, 6.07) is 0. The Bertz CT molecular complexity index is 766. The Morgan fingerprint density at radius 2 is 2.12 bits per heavy atom. The maximum atomic E-state index is 13.3. The van der Waals surface area contributed by atoms with E-state index in [2.05, 4.69) is 4.57 Å². The maximum Gasteiger partial charge on any atom is 0.254 e. The van der Waals surface area contributed by atoms with Crippen molar-refractivity contribution in [2.24, 2.45) is 28.2 Å². The van der Waals surface area contributed by atoms with Crippen LogP contribution in [0.15, 0.2) is 4.99 Å². The molecule has 1 aromatic heterocycles. The third-order valence-electron chi connectivity index (χ3n) is 7.07. The van der Waals surface area contributed by atoms with Crippen LogP contribution in [0.5, 0.6) is 0 Å². The van der Waals surface area contributed by atoms with Crippen molar-refractivity contribution in [1.29, 1.82) is 0 Å². The Hall–Kier alpha value is -0.980. The van der Waals surface area contributed by atoms with E-state index in [0.29, 0.717) is 12.5 Å². The highest BCUT2D eigenvalue weighted by molar-refractivity contribution is 7.09. The molecule has 0 N–H and O–H groups in total. The van der Waals surface area contributed by atoms with Crippen LogP contribution >= 0.6 is 11.3 Å². The molecular weight excluding hydrogens is 336 g/mol. The molecule has 5 aliphatic rings. The number of fused-ring (bicyclic) bond motifs is 1. The summed E-state index contributed by atoms with van der Waals surface area (Å²) in [4.78, 5) is 20.0. The standard InChI is InChI=1S/C19H26N2O3S/c1-11(23-2)21-15-3-4-24-10-16(15)25-18(21)20-17(22)19-8-12-5-13(9-19)7-14(19)6-12/h11-14H,3-10H2,1-2H3. The van der Waals surface area contributed by atoms with E-state index in [1.54, 1.807) is 18.4 Å². The average molecular weight is 362 g/mol. The molecule has 1 amide bonds. The van der Waals surface area contributed by atoms with E-state index in [0.717, 1.165) is 42.5 Å². The van der Waals surface area contributed by atoms with Gasteiger partial charge in [-0.3, -0.25) is 9.36 Å². The van der Waals surface area contributed by atoms with Gasteiger partial charge in [-0.15, -0.1) is 0 Å². The predicted molar refractivity (Wildman–Crippen MR) is 93.9 cm³/mol. The van der Waals surface area contributed by atoms with Gasteiger partial charge in [-0.2, -0.15) is 4.99 Å². The fourth-order valence-electron chi connectivity index (χ4n) is 6.08. The summed E-state index contributed by atoms with van der Waals surface area (Å²) in [5.41, 5.74) is 1.08. The molecule has 4 fully saturated rings. The lowest BCUT2D eigenvalue weighted by Gasteiger charge is -2.29. The van der Waals surface area contributed by atoms with E-state index >= 15 is 0 Å². The number of carbonyl (C=O) groups is 1. The SMILES string of the molecule is COC(C)n1c2c(sc1=NC(=O)C13CC4CC(CC1C4)C3)COCC2. The molecule has 0 spiro atoms. The molecule has 3 unspecified atom stereocenters. The number of hydrogen-bond donors (Lipinski definition) is 0. The van der Waals surface area contributed by atoms with Gasteiger partial charge in [-0.05, 0) is 56.8 Å². The van der Waals surface area contributed by atoms with E-state index in [4.69, 9.17) is 14.5 Å². The van der Waals surface area contributed by atoms with Gasteiger partial charge in [0, 0.05) is 19.2 Å². The normalized spacial score (nSPS) is 37.5. The van der Waals surface area contributed by atoms with Crippen molar-refractivity contribution in [2.75, 3.05) is 13.7 Å². The molecular formula is C19H26N2O3S. The zero-order chi connectivity index (χ0) is 17.2. The van der Waals surface area contributed by atoms with Gasteiger partial charge >= 0.3 is 0 Å². The van der Waals surface area contributed by atoms with Gasteiger partial charge in [0.15, 0.2) is 4.80 Å². The summed E-state index contributed by atoms with van der Waals surface area (Å²) in [7, 11) is 1.71. The third-order valence-corrected chi connectivity index (χ3v) is 8.14. The van der Waals surface area contributed by atoms with Gasteiger partial charge in [0.05, 0.1) is 23.5 Å². The van der Waals surface area contributed by atoms with Gasteiger partial charge in [-0.1, -0.05) is 11.3 Å². The molecule has 4 aliphatic carbocycles. The van der Waals surface area contributed by atoms with Crippen LogP contribution in [0.3, 0.4) is 0 Å². The van der Waals surface area contributed by atoms with Crippen molar-refractivity contribution in [3.8, 4) is 0 Å². The van der Waals surface area contributed by atoms with Gasteiger partial charge in [0.1, 0.15) is 6.23 Å². The minimum absolute atomic E-state index is 0.112. The van der Waals surface area contributed by atoms with Gasteiger partial charge in [0.25, 0.3) is 5.91 Å². The number of ether oxygens (including phenoxy) is 2. The second kappa shape index (κ2) is 5.76. The Balaban J connectivity index is 1.57. The van der Waals surface area contributed by atoms with Crippen LogP contribution in [0.25, 0.3) is 0 Å². The van der Waals surface area contributed by atoms with Crippen molar-refractivity contribution in [2.45, 2.75) is 58.3 Å². The lowest BCUT2D eigenvalue weighted by molar-refractivity contribution is -0.129. The average Bonchev–Trinajstić information content (AvgIpc) is 3.18. The van der Waals surface area contributed by atoms with Crippen molar-refractivity contribution in [3.63, 3.8) is 0 Å². The Kier molecular flexibility index (Phi) is 3.74. The Morgan fingerprint density at radius 3 is 2.84 bits per heavy atom. The second-order valence-electron chi connectivity index (χ2n) is 8.38. The molecule has 25 heavy (non-hydrogen) atoms. The van der Waals surface area contributed by atoms with Gasteiger partial charge in [0.2, 0.25) is 0 Å². The molecule has 1 aliphatic heterocycles. The smallest absolute Gasteiger partial charge is 0.254 e. The first-order valence-electron chi connectivity index (χ1n) is 9.53. The zero-order valence-electron chi connectivity index (χ0n) is 15.0. The molecule has 4 bridgehead atoms. The van der Waals surface area contributed by atoms with Crippen LogP contribution in [0, 0.1) is 23.2 Å². The first kappa shape index (κ1) is 16.2. The maximum absolute atomic E-state index is 13.3. The molecule has 0 saturated heterocycles. The minimum Gasteiger partial charge on any atom is -0.375 e. The number of hydrogen-bond acceptors (Lipinski definition) is 4.